The van der Waals surface area contributed by atoms with E-state index in [1.165, 1.54) is 0 Å². The topological polar surface area (TPSA) is 49.4 Å². The predicted octanol–water partition coefficient (Wildman–Crippen LogP) is 4.44. The van der Waals surface area contributed by atoms with Crippen LogP contribution in [0.5, 0.6) is 0 Å². The van der Waals surface area contributed by atoms with E-state index in [0.29, 0.717) is 5.56 Å². The van der Waals surface area contributed by atoms with E-state index in [1.54, 1.807) is 11.8 Å². The molecule has 4 rings (SSSR count). The summed E-state index contributed by atoms with van der Waals surface area (Å²) in [5, 5.41) is 4.89. The van der Waals surface area contributed by atoms with Gasteiger partial charge in [-0.1, -0.05) is 42.0 Å². The molecule has 0 bridgehead atoms. The normalized spacial score (nSPS) is 14.0. The maximum atomic E-state index is 12.9. The van der Waals surface area contributed by atoms with E-state index >= 15 is 0 Å². The van der Waals surface area contributed by atoms with Gasteiger partial charge in [-0.15, -0.1) is 0 Å². The quantitative estimate of drug-likeness (QED) is 0.763. The van der Waals surface area contributed by atoms with Crippen LogP contribution in [0.1, 0.15) is 28.4 Å². The van der Waals surface area contributed by atoms with Crippen LogP contribution in [-0.2, 0) is 4.79 Å². The molecule has 26 heavy (non-hydrogen) atoms. The van der Waals surface area contributed by atoms with Crippen LogP contribution < -0.4 is 10.2 Å². The summed E-state index contributed by atoms with van der Waals surface area (Å²) in [6.07, 6.45) is 0. The fourth-order valence-electron chi connectivity index (χ4n) is 3.63. The van der Waals surface area contributed by atoms with Gasteiger partial charge in [-0.25, -0.2) is 0 Å². The number of benzene rings is 3. The predicted molar refractivity (Wildman–Crippen MR) is 105 cm³/mol. The van der Waals surface area contributed by atoms with Gasteiger partial charge in [0.15, 0.2) is 0 Å². The first-order valence-electron chi connectivity index (χ1n) is 8.71. The first-order chi connectivity index (χ1) is 12.5. The molecule has 1 aliphatic heterocycles. The maximum absolute atomic E-state index is 12.9. The number of carbonyl (C=O) groups is 2. The van der Waals surface area contributed by atoms with Gasteiger partial charge in [0, 0.05) is 16.6 Å². The molecule has 1 heterocycles. The summed E-state index contributed by atoms with van der Waals surface area (Å²) >= 11 is 0. The summed E-state index contributed by atoms with van der Waals surface area (Å²) in [5.74, 6) is -0.324. The van der Waals surface area contributed by atoms with Crippen LogP contribution in [-0.4, -0.2) is 17.9 Å². The number of rotatable bonds is 3. The standard InChI is InChI=1S/C22H20N2O2/c1-13-10-11-18(14(2)12-13)23-21(25)15(3)24-19-9-5-7-16-6-4-8-17(20(16)19)22(24)26/h4-12,15H,1-3H3,(H,23,25). The molecule has 0 radical (unpaired) electrons. The lowest BCUT2D eigenvalue weighted by molar-refractivity contribution is -0.117. The molecule has 4 nitrogen and oxygen atoms in total. The van der Waals surface area contributed by atoms with E-state index in [-0.39, 0.29) is 11.8 Å². The Bertz CT molecular complexity index is 1050. The second-order valence-corrected chi connectivity index (χ2v) is 6.84. The highest BCUT2D eigenvalue weighted by Gasteiger charge is 2.35. The van der Waals surface area contributed by atoms with Crippen molar-refractivity contribution < 1.29 is 9.59 Å². The number of hydrogen-bond acceptors (Lipinski definition) is 2. The zero-order chi connectivity index (χ0) is 18.4. The Morgan fingerprint density at radius 2 is 1.77 bits per heavy atom. The Morgan fingerprint density at radius 1 is 1.04 bits per heavy atom. The first kappa shape index (κ1) is 16.3. The van der Waals surface area contributed by atoms with Gasteiger partial charge in [0.2, 0.25) is 5.91 Å². The molecule has 0 spiro atoms. The number of aryl methyl sites for hydroxylation is 2. The molecule has 1 N–H and O–H groups in total. The Morgan fingerprint density at radius 3 is 2.50 bits per heavy atom. The SMILES string of the molecule is Cc1ccc(NC(=O)C(C)N2C(=O)c3cccc4cccc2c34)c(C)c1. The van der Waals surface area contributed by atoms with Crippen LogP contribution in [0.4, 0.5) is 11.4 Å². The Kier molecular flexibility index (Phi) is 3.76. The van der Waals surface area contributed by atoms with Crippen molar-refractivity contribution >= 4 is 34.0 Å². The van der Waals surface area contributed by atoms with Gasteiger partial charge in [0.05, 0.1) is 5.69 Å². The van der Waals surface area contributed by atoms with Crippen molar-refractivity contribution in [2.45, 2.75) is 26.8 Å². The summed E-state index contributed by atoms with van der Waals surface area (Å²) in [4.78, 5) is 27.4. The highest BCUT2D eigenvalue weighted by atomic mass is 16.2. The van der Waals surface area contributed by atoms with E-state index < -0.39 is 6.04 Å². The van der Waals surface area contributed by atoms with Gasteiger partial charge in [-0.2, -0.15) is 0 Å². The number of anilines is 2. The monoisotopic (exact) mass is 344 g/mol. The van der Waals surface area contributed by atoms with Gasteiger partial charge in [0.25, 0.3) is 5.91 Å². The number of carbonyl (C=O) groups excluding carboxylic acids is 2. The smallest absolute Gasteiger partial charge is 0.259 e. The lowest BCUT2D eigenvalue weighted by Crippen LogP contribution is -2.44. The van der Waals surface area contributed by atoms with Crippen LogP contribution in [0.3, 0.4) is 0 Å². The zero-order valence-corrected chi connectivity index (χ0v) is 15.0. The van der Waals surface area contributed by atoms with Crippen LogP contribution in [0, 0.1) is 13.8 Å². The first-order valence-corrected chi connectivity index (χ1v) is 8.71. The van der Waals surface area contributed by atoms with Crippen molar-refractivity contribution in [1.29, 1.82) is 0 Å². The number of nitrogens with zero attached hydrogens (tertiary/aromatic N) is 1. The summed E-state index contributed by atoms with van der Waals surface area (Å²) < 4.78 is 0. The Hall–Kier alpha value is -3.14. The minimum Gasteiger partial charge on any atom is -0.324 e. The molecule has 0 saturated carbocycles. The minimum absolute atomic E-state index is 0.125. The fraction of sp³-hybridized carbons (Fsp3) is 0.182. The van der Waals surface area contributed by atoms with Crippen molar-refractivity contribution in [2.75, 3.05) is 10.2 Å². The van der Waals surface area contributed by atoms with Gasteiger partial charge in [-0.05, 0) is 49.9 Å². The third-order valence-electron chi connectivity index (χ3n) is 5.00. The Balaban J connectivity index is 1.67. The van der Waals surface area contributed by atoms with E-state index in [9.17, 15) is 9.59 Å². The average molecular weight is 344 g/mol. The second-order valence-electron chi connectivity index (χ2n) is 6.84. The van der Waals surface area contributed by atoms with Gasteiger partial charge < -0.3 is 5.32 Å². The van der Waals surface area contributed by atoms with Crippen LogP contribution in [0.2, 0.25) is 0 Å². The molecule has 0 aromatic heterocycles. The Labute approximate surface area is 152 Å². The molecular formula is C22H20N2O2. The summed E-state index contributed by atoms with van der Waals surface area (Å²) in [6.45, 7) is 5.74. The summed E-state index contributed by atoms with van der Waals surface area (Å²) in [5.41, 5.74) is 4.37. The van der Waals surface area contributed by atoms with E-state index in [1.807, 2.05) is 68.4 Å². The van der Waals surface area contributed by atoms with Crippen molar-refractivity contribution in [3.8, 4) is 0 Å². The van der Waals surface area contributed by atoms with Crippen molar-refractivity contribution in [3.63, 3.8) is 0 Å². The highest BCUT2D eigenvalue weighted by molar-refractivity contribution is 6.26. The van der Waals surface area contributed by atoms with Crippen molar-refractivity contribution in [3.05, 3.63) is 71.3 Å². The molecule has 3 aromatic rings. The lowest BCUT2D eigenvalue weighted by atomic mass is 10.1. The molecule has 1 unspecified atom stereocenters. The third kappa shape index (κ3) is 2.46. The fourth-order valence-corrected chi connectivity index (χ4v) is 3.63. The lowest BCUT2D eigenvalue weighted by Gasteiger charge is -2.25. The molecule has 4 heteroatoms. The molecule has 130 valence electrons. The molecule has 1 atom stereocenters. The summed E-state index contributed by atoms with van der Waals surface area (Å²) in [6, 6.07) is 16.8. The van der Waals surface area contributed by atoms with E-state index in [2.05, 4.69) is 5.32 Å². The molecule has 0 fully saturated rings. The third-order valence-corrected chi connectivity index (χ3v) is 5.00. The summed E-state index contributed by atoms with van der Waals surface area (Å²) in [7, 11) is 0. The van der Waals surface area contributed by atoms with E-state index in [4.69, 9.17) is 0 Å². The average Bonchev–Trinajstić information content (AvgIpc) is 2.91. The van der Waals surface area contributed by atoms with Gasteiger partial charge in [-0.3, -0.25) is 14.5 Å². The largest absolute Gasteiger partial charge is 0.324 e. The van der Waals surface area contributed by atoms with Gasteiger partial charge in [0.1, 0.15) is 6.04 Å². The number of nitrogens with one attached hydrogen (secondary N) is 1. The van der Waals surface area contributed by atoms with Crippen LogP contribution >= 0.6 is 0 Å². The molecule has 2 amide bonds. The van der Waals surface area contributed by atoms with Crippen LogP contribution in [0.25, 0.3) is 10.8 Å². The molecule has 3 aromatic carbocycles. The molecule has 1 aliphatic rings. The second kappa shape index (κ2) is 5.99. The molecule has 0 aliphatic carbocycles. The van der Waals surface area contributed by atoms with E-state index in [0.717, 1.165) is 33.3 Å². The van der Waals surface area contributed by atoms with Crippen molar-refractivity contribution in [1.82, 2.24) is 0 Å². The number of amides is 2. The zero-order valence-electron chi connectivity index (χ0n) is 15.0. The van der Waals surface area contributed by atoms with Gasteiger partial charge >= 0.3 is 0 Å². The number of hydrogen-bond donors (Lipinski definition) is 1. The van der Waals surface area contributed by atoms with Crippen molar-refractivity contribution in [2.24, 2.45) is 0 Å². The minimum atomic E-state index is -0.610. The molecule has 0 saturated heterocycles. The molecular weight excluding hydrogens is 324 g/mol. The highest BCUT2D eigenvalue weighted by Crippen LogP contribution is 2.38. The van der Waals surface area contributed by atoms with Crippen LogP contribution in [0.15, 0.2) is 54.6 Å². The maximum Gasteiger partial charge on any atom is 0.259 e.